The molecule has 114 valence electrons. The molecule has 1 atom stereocenters. The molecular formula is C17H22FNO2. The molecule has 3 nitrogen and oxygen atoms in total. The third kappa shape index (κ3) is 4.16. The molecule has 2 aromatic rings. The van der Waals surface area contributed by atoms with Crippen LogP contribution in [0.15, 0.2) is 34.7 Å². The van der Waals surface area contributed by atoms with Crippen LogP contribution in [0.5, 0.6) is 0 Å². The molecule has 2 rings (SSSR count). The van der Waals surface area contributed by atoms with Crippen LogP contribution in [0.2, 0.25) is 0 Å². The smallest absolute Gasteiger partial charge is 0.134 e. The summed E-state index contributed by atoms with van der Waals surface area (Å²) in [5.74, 6) is 1.72. The topological polar surface area (TPSA) is 45.4 Å². The van der Waals surface area contributed by atoms with Gasteiger partial charge < -0.3 is 14.8 Å². The molecule has 0 fully saturated rings. The van der Waals surface area contributed by atoms with Gasteiger partial charge in [-0.25, -0.2) is 4.39 Å². The number of nitrogens with one attached hydrogen (secondary N) is 1. The molecule has 0 amide bonds. The summed E-state index contributed by atoms with van der Waals surface area (Å²) in [6, 6.07) is 8.78. The van der Waals surface area contributed by atoms with Crippen LogP contribution in [-0.2, 0) is 6.54 Å². The summed E-state index contributed by atoms with van der Waals surface area (Å²) in [5, 5.41) is 12.2. The van der Waals surface area contributed by atoms with E-state index in [-0.39, 0.29) is 12.4 Å². The molecule has 0 aliphatic rings. The van der Waals surface area contributed by atoms with Crippen LogP contribution in [0, 0.1) is 18.7 Å². The molecule has 0 bridgehead atoms. The Kier molecular flexibility index (Phi) is 5.53. The summed E-state index contributed by atoms with van der Waals surface area (Å²) >= 11 is 0. The van der Waals surface area contributed by atoms with Crippen LogP contribution < -0.4 is 5.32 Å². The van der Waals surface area contributed by atoms with Crippen LogP contribution in [0.4, 0.5) is 4.39 Å². The van der Waals surface area contributed by atoms with E-state index in [4.69, 9.17) is 9.52 Å². The molecule has 0 spiro atoms. The average Bonchev–Trinajstić information content (AvgIpc) is 2.91. The Morgan fingerprint density at radius 2 is 2.10 bits per heavy atom. The van der Waals surface area contributed by atoms with Gasteiger partial charge in [0.05, 0.1) is 6.54 Å². The van der Waals surface area contributed by atoms with Crippen molar-refractivity contribution in [3.63, 3.8) is 0 Å². The third-order valence-electron chi connectivity index (χ3n) is 3.61. The highest BCUT2D eigenvalue weighted by Crippen LogP contribution is 2.26. The highest BCUT2D eigenvalue weighted by Gasteiger charge is 2.10. The fourth-order valence-corrected chi connectivity index (χ4v) is 2.26. The Morgan fingerprint density at radius 1 is 1.29 bits per heavy atom. The maximum Gasteiger partial charge on any atom is 0.134 e. The molecule has 1 aromatic heterocycles. The maximum absolute atomic E-state index is 13.6. The van der Waals surface area contributed by atoms with Gasteiger partial charge in [0, 0.05) is 12.2 Å². The summed E-state index contributed by atoms with van der Waals surface area (Å²) in [4.78, 5) is 0. The molecule has 4 heteroatoms. The largest absolute Gasteiger partial charge is 0.460 e. The molecule has 1 heterocycles. The second-order valence-corrected chi connectivity index (χ2v) is 5.43. The highest BCUT2D eigenvalue weighted by atomic mass is 19.1. The molecule has 0 saturated carbocycles. The van der Waals surface area contributed by atoms with E-state index in [2.05, 4.69) is 12.2 Å². The number of hydrogen-bond acceptors (Lipinski definition) is 3. The van der Waals surface area contributed by atoms with E-state index in [1.165, 1.54) is 6.07 Å². The lowest BCUT2D eigenvalue weighted by atomic mass is 10.1. The fourth-order valence-electron chi connectivity index (χ4n) is 2.26. The lowest BCUT2D eigenvalue weighted by molar-refractivity contribution is 0.259. The number of aliphatic hydroxyl groups excluding tert-OH is 1. The first-order valence-corrected chi connectivity index (χ1v) is 7.27. The van der Waals surface area contributed by atoms with Crippen LogP contribution in [0.3, 0.4) is 0 Å². The molecule has 2 N–H and O–H groups in total. The van der Waals surface area contributed by atoms with Gasteiger partial charge in [0.15, 0.2) is 0 Å². The third-order valence-corrected chi connectivity index (χ3v) is 3.61. The van der Waals surface area contributed by atoms with E-state index >= 15 is 0 Å². The quantitative estimate of drug-likeness (QED) is 0.820. The SMILES string of the molecule is Cc1c(F)cccc1-c1ccc(CNCC(C)CCO)o1. The Hall–Kier alpha value is -1.65. The highest BCUT2D eigenvalue weighted by molar-refractivity contribution is 5.62. The van der Waals surface area contributed by atoms with Crippen molar-refractivity contribution < 1.29 is 13.9 Å². The minimum absolute atomic E-state index is 0.215. The van der Waals surface area contributed by atoms with Gasteiger partial charge in [-0.3, -0.25) is 0 Å². The number of aliphatic hydroxyl groups is 1. The van der Waals surface area contributed by atoms with Crippen molar-refractivity contribution in [3.05, 3.63) is 47.5 Å². The molecule has 0 radical (unpaired) electrons. The minimum Gasteiger partial charge on any atom is -0.460 e. The Balaban J connectivity index is 1.97. The van der Waals surface area contributed by atoms with Crippen molar-refractivity contribution in [1.29, 1.82) is 0 Å². The molecule has 0 saturated heterocycles. The Bertz CT molecular complexity index is 580. The predicted molar refractivity (Wildman–Crippen MR) is 81.4 cm³/mol. The maximum atomic E-state index is 13.6. The zero-order valence-electron chi connectivity index (χ0n) is 12.5. The van der Waals surface area contributed by atoms with Gasteiger partial charge in [0.1, 0.15) is 17.3 Å². The summed E-state index contributed by atoms with van der Waals surface area (Å²) < 4.78 is 19.3. The van der Waals surface area contributed by atoms with Gasteiger partial charge >= 0.3 is 0 Å². The van der Waals surface area contributed by atoms with Gasteiger partial charge in [0.25, 0.3) is 0 Å². The predicted octanol–water partition coefficient (Wildman–Crippen LogP) is 3.50. The number of furan rings is 1. The number of halogens is 1. The average molecular weight is 291 g/mol. The minimum atomic E-state index is -0.221. The standard InChI is InChI=1S/C17H22FNO2/c1-12(8-9-20)10-19-11-14-6-7-17(21-14)15-4-3-5-16(18)13(15)2/h3-7,12,19-20H,8-11H2,1-2H3. The van der Waals surface area contributed by atoms with Crippen LogP contribution in [-0.4, -0.2) is 18.3 Å². The van der Waals surface area contributed by atoms with Crippen molar-refractivity contribution in [2.24, 2.45) is 5.92 Å². The van der Waals surface area contributed by atoms with Gasteiger partial charge in [-0.2, -0.15) is 0 Å². The second kappa shape index (κ2) is 7.38. The van der Waals surface area contributed by atoms with E-state index in [0.29, 0.717) is 23.8 Å². The first-order chi connectivity index (χ1) is 10.1. The number of benzene rings is 1. The molecule has 1 unspecified atom stereocenters. The Labute approximate surface area is 124 Å². The normalized spacial score (nSPS) is 12.6. The van der Waals surface area contributed by atoms with Gasteiger partial charge in [-0.1, -0.05) is 19.1 Å². The lowest BCUT2D eigenvalue weighted by Crippen LogP contribution is -2.21. The second-order valence-electron chi connectivity index (χ2n) is 5.43. The van der Waals surface area contributed by atoms with E-state index in [1.54, 1.807) is 13.0 Å². The van der Waals surface area contributed by atoms with Gasteiger partial charge in [0.2, 0.25) is 0 Å². The van der Waals surface area contributed by atoms with Gasteiger partial charge in [-0.15, -0.1) is 0 Å². The van der Waals surface area contributed by atoms with Gasteiger partial charge in [-0.05, 0) is 49.6 Å². The molecule has 0 aliphatic carbocycles. The monoisotopic (exact) mass is 291 g/mol. The lowest BCUT2D eigenvalue weighted by Gasteiger charge is -2.09. The summed E-state index contributed by atoms with van der Waals surface area (Å²) in [7, 11) is 0. The van der Waals surface area contributed by atoms with Crippen LogP contribution >= 0.6 is 0 Å². The van der Waals surface area contributed by atoms with Crippen molar-refractivity contribution in [1.82, 2.24) is 5.32 Å². The van der Waals surface area contributed by atoms with Crippen LogP contribution in [0.1, 0.15) is 24.7 Å². The molecule has 21 heavy (non-hydrogen) atoms. The van der Waals surface area contributed by atoms with Crippen LogP contribution in [0.25, 0.3) is 11.3 Å². The summed E-state index contributed by atoms with van der Waals surface area (Å²) in [6.45, 7) is 5.51. The molecule has 0 aliphatic heterocycles. The zero-order chi connectivity index (χ0) is 15.2. The van der Waals surface area contributed by atoms with E-state index in [0.717, 1.165) is 24.3 Å². The van der Waals surface area contributed by atoms with E-state index in [1.807, 2.05) is 18.2 Å². The molecule has 1 aromatic carbocycles. The molecular weight excluding hydrogens is 269 g/mol. The van der Waals surface area contributed by atoms with Crippen molar-refractivity contribution in [2.45, 2.75) is 26.8 Å². The first kappa shape index (κ1) is 15.7. The summed E-state index contributed by atoms with van der Waals surface area (Å²) in [6.07, 6.45) is 0.791. The number of rotatable bonds is 7. The fraction of sp³-hybridized carbons (Fsp3) is 0.412. The summed E-state index contributed by atoms with van der Waals surface area (Å²) in [5.41, 5.74) is 1.39. The van der Waals surface area contributed by atoms with Crippen molar-refractivity contribution in [2.75, 3.05) is 13.2 Å². The zero-order valence-corrected chi connectivity index (χ0v) is 12.5. The van der Waals surface area contributed by atoms with E-state index in [9.17, 15) is 4.39 Å². The van der Waals surface area contributed by atoms with Crippen molar-refractivity contribution >= 4 is 0 Å². The Morgan fingerprint density at radius 3 is 2.86 bits per heavy atom. The van der Waals surface area contributed by atoms with Crippen molar-refractivity contribution in [3.8, 4) is 11.3 Å². The first-order valence-electron chi connectivity index (χ1n) is 7.27. The number of hydrogen-bond donors (Lipinski definition) is 2. The van der Waals surface area contributed by atoms with E-state index < -0.39 is 0 Å².